The molecule has 30 heavy (non-hydrogen) atoms. The first-order valence-electron chi connectivity index (χ1n) is 9.05. The van der Waals surface area contributed by atoms with E-state index >= 15 is 0 Å². The summed E-state index contributed by atoms with van der Waals surface area (Å²) in [6.07, 6.45) is 2.21. The number of hydrogen-bond acceptors (Lipinski definition) is 6. The molecule has 0 bridgehead atoms. The van der Waals surface area contributed by atoms with Gasteiger partial charge >= 0.3 is 0 Å². The second-order valence-electron chi connectivity index (χ2n) is 6.38. The van der Waals surface area contributed by atoms with Crippen molar-refractivity contribution in [2.24, 2.45) is 0 Å². The van der Waals surface area contributed by atoms with Gasteiger partial charge in [0.15, 0.2) is 5.13 Å². The number of sulfonamides is 1. The third-order valence-electron chi connectivity index (χ3n) is 4.05. The van der Waals surface area contributed by atoms with Gasteiger partial charge in [-0.05, 0) is 61.4 Å². The topological polar surface area (TPSA) is 97.4 Å². The minimum atomic E-state index is -3.73. The van der Waals surface area contributed by atoms with E-state index < -0.39 is 10.0 Å². The number of benzene rings is 2. The van der Waals surface area contributed by atoms with E-state index in [1.54, 1.807) is 18.4 Å². The molecule has 0 aliphatic rings. The molecule has 0 unspecified atom stereocenters. The Kier molecular flexibility index (Phi) is 7.01. The van der Waals surface area contributed by atoms with Crippen LogP contribution < -0.4 is 14.8 Å². The number of hydrogen-bond donors (Lipinski definition) is 2. The third-order valence-corrected chi connectivity index (χ3v) is 6.22. The second kappa shape index (κ2) is 9.68. The molecule has 0 saturated carbocycles. The summed E-state index contributed by atoms with van der Waals surface area (Å²) >= 11 is 1.18. The summed E-state index contributed by atoms with van der Waals surface area (Å²) in [5.74, 6) is 0.0444. The van der Waals surface area contributed by atoms with Gasteiger partial charge in [-0.15, -0.1) is 11.3 Å². The zero-order valence-electron chi connectivity index (χ0n) is 16.1. The third kappa shape index (κ3) is 6.01. The van der Waals surface area contributed by atoms with Gasteiger partial charge in [-0.3, -0.25) is 9.52 Å². The normalized spacial score (nSPS) is 11.1. The van der Waals surface area contributed by atoms with Crippen molar-refractivity contribution in [3.63, 3.8) is 0 Å². The summed E-state index contributed by atoms with van der Waals surface area (Å²) in [5.41, 5.74) is 1.18. The number of halogens is 1. The number of rotatable bonds is 9. The fourth-order valence-corrected chi connectivity index (χ4v) is 4.37. The average molecular weight is 450 g/mol. The maximum absolute atomic E-state index is 13.1. The SMILES string of the molecule is Cc1cc(F)ccc1OCCCC(=O)Nc1ccc(S(=O)(=O)Nc2nccs2)cc1. The van der Waals surface area contributed by atoms with Crippen molar-refractivity contribution in [1.82, 2.24) is 4.98 Å². The second-order valence-corrected chi connectivity index (χ2v) is 8.95. The fraction of sp³-hybridized carbons (Fsp3) is 0.200. The van der Waals surface area contributed by atoms with Crippen LogP contribution in [-0.4, -0.2) is 25.9 Å². The van der Waals surface area contributed by atoms with Gasteiger partial charge in [-0.25, -0.2) is 17.8 Å². The molecule has 0 fully saturated rings. The molecule has 2 aromatic carbocycles. The lowest BCUT2D eigenvalue weighted by molar-refractivity contribution is -0.116. The van der Waals surface area contributed by atoms with E-state index in [0.29, 0.717) is 30.0 Å². The van der Waals surface area contributed by atoms with Gasteiger partial charge in [0.05, 0.1) is 11.5 Å². The summed E-state index contributed by atoms with van der Waals surface area (Å²) in [7, 11) is -3.73. The Morgan fingerprint density at radius 1 is 1.20 bits per heavy atom. The van der Waals surface area contributed by atoms with E-state index in [1.807, 2.05) is 0 Å². The lowest BCUT2D eigenvalue weighted by Gasteiger charge is -2.10. The van der Waals surface area contributed by atoms with Crippen molar-refractivity contribution in [1.29, 1.82) is 0 Å². The van der Waals surface area contributed by atoms with Crippen molar-refractivity contribution in [2.45, 2.75) is 24.7 Å². The standard InChI is InChI=1S/C20H20FN3O4S2/c1-14-13-15(21)4-9-18(14)28-11-2-3-19(25)23-16-5-7-17(8-6-16)30(26,27)24-20-22-10-12-29-20/h4-10,12-13H,2-3,11H2,1H3,(H,22,24)(H,23,25). The number of amides is 1. The predicted molar refractivity (Wildman–Crippen MR) is 114 cm³/mol. The first-order chi connectivity index (χ1) is 14.3. The van der Waals surface area contributed by atoms with E-state index in [1.165, 1.54) is 53.9 Å². The van der Waals surface area contributed by atoms with E-state index in [9.17, 15) is 17.6 Å². The molecule has 3 aromatic rings. The molecule has 0 aliphatic carbocycles. The van der Waals surface area contributed by atoms with Crippen LogP contribution in [0.2, 0.25) is 0 Å². The summed E-state index contributed by atoms with van der Waals surface area (Å²) in [6, 6.07) is 10.1. The van der Waals surface area contributed by atoms with Crippen LogP contribution in [0, 0.1) is 12.7 Å². The number of nitrogens with zero attached hydrogens (tertiary/aromatic N) is 1. The van der Waals surface area contributed by atoms with Gasteiger partial charge in [0, 0.05) is 23.7 Å². The average Bonchev–Trinajstić information content (AvgIpc) is 3.19. The van der Waals surface area contributed by atoms with E-state index in [2.05, 4.69) is 15.0 Å². The molecule has 0 saturated heterocycles. The Labute approximate surface area is 178 Å². The molecule has 1 aromatic heterocycles. The molecule has 0 atom stereocenters. The van der Waals surface area contributed by atoms with E-state index in [4.69, 9.17) is 4.74 Å². The number of ether oxygens (including phenoxy) is 1. The highest BCUT2D eigenvalue weighted by Gasteiger charge is 2.15. The van der Waals surface area contributed by atoms with E-state index in [0.717, 1.165) is 0 Å². The molecule has 0 spiro atoms. The highest BCUT2D eigenvalue weighted by Crippen LogP contribution is 2.20. The number of carbonyl (C=O) groups is 1. The fourth-order valence-electron chi connectivity index (χ4n) is 2.58. The minimum absolute atomic E-state index is 0.0683. The Bertz CT molecular complexity index is 1100. The van der Waals surface area contributed by atoms with Crippen LogP contribution >= 0.6 is 11.3 Å². The molecule has 3 rings (SSSR count). The molecule has 2 N–H and O–H groups in total. The quantitative estimate of drug-likeness (QED) is 0.478. The first-order valence-corrected chi connectivity index (χ1v) is 11.4. The zero-order valence-corrected chi connectivity index (χ0v) is 17.7. The minimum Gasteiger partial charge on any atom is -0.493 e. The van der Waals surface area contributed by atoms with Crippen LogP contribution in [0.5, 0.6) is 5.75 Å². The Morgan fingerprint density at radius 2 is 1.97 bits per heavy atom. The van der Waals surface area contributed by atoms with Crippen molar-refractivity contribution in [3.8, 4) is 5.75 Å². The molecular weight excluding hydrogens is 429 g/mol. The van der Waals surface area contributed by atoms with E-state index in [-0.39, 0.29) is 28.2 Å². The monoisotopic (exact) mass is 449 g/mol. The van der Waals surface area contributed by atoms with Crippen LogP contribution in [0.3, 0.4) is 0 Å². The molecule has 1 heterocycles. The van der Waals surface area contributed by atoms with Crippen LogP contribution in [0.15, 0.2) is 58.9 Å². The number of anilines is 2. The van der Waals surface area contributed by atoms with Gasteiger partial charge < -0.3 is 10.1 Å². The lowest BCUT2D eigenvalue weighted by Crippen LogP contribution is -2.14. The number of aromatic nitrogens is 1. The van der Waals surface area contributed by atoms with Crippen molar-refractivity contribution in [2.75, 3.05) is 16.6 Å². The summed E-state index contributed by atoms with van der Waals surface area (Å²) < 4.78 is 45.6. The molecule has 7 nitrogen and oxygen atoms in total. The van der Waals surface area contributed by atoms with Gasteiger partial charge in [-0.2, -0.15) is 0 Å². The van der Waals surface area contributed by atoms with Crippen LogP contribution in [0.4, 0.5) is 15.2 Å². The highest BCUT2D eigenvalue weighted by atomic mass is 32.2. The summed E-state index contributed by atoms with van der Waals surface area (Å²) in [4.78, 5) is 16.0. The lowest BCUT2D eigenvalue weighted by atomic mass is 10.2. The molecule has 0 radical (unpaired) electrons. The van der Waals surface area contributed by atoms with Crippen molar-refractivity contribution in [3.05, 3.63) is 65.4 Å². The number of nitrogens with one attached hydrogen (secondary N) is 2. The zero-order chi connectivity index (χ0) is 21.6. The van der Waals surface area contributed by atoms with Gasteiger partial charge in [0.25, 0.3) is 10.0 Å². The number of aryl methyl sites for hydroxylation is 1. The molecule has 10 heteroatoms. The highest BCUT2D eigenvalue weighted by molar-refractivity contribution is 7.93. The summed E-state index contributed by atoms with van der Waals surface area (Å²) in [5, 5.41) is 4.67. The Hall–Kier alpha value is -2.98. The smallest absolute Gasteiger partial charge is 0.263 e. The van der Waals surface area contributed by atoms with Crippen molar-refractivity contribution >= 4 is 38.1 Å². The van der Waals surface area contributed by atoms with Gasteiger partial charge in [0.1, 0.15) is 11.6 Å². The maximum atomic E-state index is 13.1. The number of carbonyl (C=O) groups excluding carboxylic acids is 1. The van der Waals surface area contributed by atoms with Gasteiger partial charge in [-0.1, -0.05) is 0 Å². The van der Waals surface area contributed by atoms with Crippen LogP contribution in [0.1, 0.15) is 18.4 Å². The summed E-state index contributed by atoms with van der Waals surface area (Å²) in [6.45, 7) is 2.07. The van der Waals surface area contributed by atoms with Crippen LogP contribution in [-0.2, 0) is 14.8 Å². The Balaban J connectivity index is 1.46. The van der Waals surface area contributed by atoms with Gasteiger partial charge in [0.2, 0.25) is 5.91 Å². The molecule has 1 amide bonds. The number of thiazole rings is 1. The molecule has 0 aliphatic heterocycles. The predicted octanol–water partition coefficient (Wildman–Crippen LogP) is 4.19. The molecule has 158 valence electrons. The maximum Gasteiger partial charge on any atom is 0.263 e. The van der Waals surface area contributed by atoms with Crippen molar-refractivity contribution < 1.29 is 22.3 Å². The molecular formula is C20H20FN3O4S2. The van der Waals surface area contributed by atoms with Crippen LogP contribution in [0.25, 0.3) is 0 Å². The Morgan fingerprint density at radius 3 is 2.63 bits per heavy atom. The largest absolute Gasteiger partial charge is 0.493 e. The first kappa shape index (κ1) is 21.7.